The third-order valence-electron chi connectivity index (χ3n) is 6.54. The second-order valence-corrected chi connectivity index (χ2v) is 10.4. The molecular weight excluding hydrogens is 524 g/mol. The van der Waals surface area contributed by atoms with Crippen molar-refractivity contribution in [2.24, 2.45) is 5.41 Å². The molecule has 0 radical (unpaired) electrons. The molecule has 0 spiro atoms. The Hall–Kier alpha value is -3.72. The molecule has 1 amide bonds. The highest BCUT2D eigenvalue weighted by atomic mass is 35.5. The van der Waals surface area contributed by atoms with Gasteiger partial charge in [0.2, 0.25) is 0 Å². The molecule has 3 aromatic rings. The molecule has 11 nitrogen and oxygen atoms in total. The lowest BCUT2D eigenvalue weighted by Gasteiger charge is -2.32. The number of halogens is 1. The number of carbonyl (C=O) groups excluding carboxylic acids is 1. The number of hydrogen-bond donors (Lipinski definition) is 1. The van der Waals surface area contributed by atoms with Crippen LogP contribution in [0.15, 0.2) is 36.4 Å². The van der Waals surface area contributed by atoms with Crippen LogP contribution in [-0.4, -0.2) is 64.7 Å². The number of benzene rings is 2. The first-order chi connectivity index (χ1) is 18.7. The normalized spacial score (nSPS) is 17.4. The van der Waals surface area contributed by atoms with Gasteiger partial charge in [0.1, 0.15) is 12.2 Å². The predicted molar refractivity (Wildman–Crippen MR) is 143 cm³/mol. The zero-order chi connectivity index (χ0) is 28.2. The van der Waals surface area contributed by atoms with E-state index in [1.54, 1.807) is 43.4 Å². The maximum atomic E-state index is 14.2. The Bertz CT molecular complexity index is 1370. The number of aryl methyl sites for hydroxylation is 1. The summed E-state index contributed by atoms with van der Waals surface area (Å²) in [7, 11) is 3.09. The number of anilines is 1. The van der Waals surface area contributed by atoms with Crippen LogP contribution in [0.3, 0.4) is 0 Å². The highest BCUT2D eigenvalue weighted by molar-refractivity contribution is 6.30. The van der Waals surface area contributed by atoms with Gasteiger partial charge in [0.05, 0.1) is 33.3 Å². The van der Waals surface area contributed by atoms with E-state index in [4.69, 9.17) is 31.1 Å². The molecule has 39 heavy (non-hydrogen) atoms. The van der Waals surface area contributed by atoms with Crippen molar-refractivity contribution < 1.29 is 24.1 Å². The standard InChI is InChI=1S/C27H31ClN6O5/c1-27(2,16-35)15-33-20-10-9-17(28)13-19(20)24(18-7-5-8-21(37-3)25(18)38-4)39-22(26(33)36)14-23-30-31-32-34(23)12-6-11-29/h5,7-10,13,22,24,35H,6,12,14-16H2,1-4H3/t22-,24-/m1/s1. The molecule has 206 valence electrons. The number of aliphatic hydroxyl groups excluding tert-OH is 1. The minimum atomic E-state index is -1.02. The number of hydrogen-bond acceptors (Lipinski definition) is 9. The van der Waals surface area contributed by atoms with Crippen LogP contribution >= 0.6 is 11.6 Å². The fourth-order valence-electron chi connectivity index (χ4n) is 4.57. The highest BCUT2D eigenvalue weighted by Crippen LogP contribution is 2.45. The Kier molecular flexibility index (Phi) is 8.70. The summed E-state index contributed by atoms with van der Waals surface area (Å²) in [6.45, 7) is 4.12. The molecule has 0 aliphatic carbocycles. The third-order valence-corrected chi connectivity index (χ3v) is 6.78. The predicted octanol–water partition coefficient (Wildman–Crippen LogP) is 3.34. The number of aliphatic hydroxyl groups is 1. The van der Waals surface area contributed by atoms with Crippen LogP contribution in [0.25, 0.3) is 0 Å². The van der Waals surface area contributed by atoms with Crippen molar-refractivity contribution in [3.05, 3.63) is 58.4 Å². The Morgan fingerprint density at radius 2 is 2.00 bits per heavy atom. The summed E-state index contributed by atoms with van der Waals surface area (Å²) in [6, 6.07) is 12.8. The van der Waals surface area contributed by atoms with Crippen molar-refractivity contribution in [2.45, 2.75) is 45.4 Å². The summed E-state index contributed by atoms with van der Waals surface area (Å²) in [5, 5.41) is 31.4. The first kappa shape index (κ1) is 28.3. The number of nitrogens with zero attached hydrogens (tertiary/aromatic N) is 6. The molecule has 12 heteroatoms. The van der Waals surface area contributed by atoms with Gasteiger partial charge in [-0.15, -0.1) is 5.10 Å². The van der Waals surface area contributed by atoms with Crippen LogP contribution in [0.4, 0.5) is 5.69 Å². The lowest BCUT2D eigenvalue weighted by atomic mass is 9.92. The van der Waals surface area contributed by atoms with E-state index in [0.29, 0.717) is 39.2 Å². The monoisotopic (exact) mass is 554 g/mol. The van der Waals surface area contributed by atoms with Gasteiger partial charge in [0, 0.05) is 46.8 Å². The van der Waals surface area contributed by atoms with Crippen molar-refractivity contribution in [3.63, 3.8) is 0 Å². The molecule has 0 unspecified atom stereocenters. The minimum absolute atomic E-state index is 0.0534. The molecule has 0 saturated heterocycles. The van der Waals surface area contributed by atoms with Crippen molar-refractivity contribution in [1.29, 1.82) is 5.26 Å². The Balaban J connectivity index is 1.89. The molecule has 0 saturated carbocycles. The van der Waals surface area contributed by atoms with E-state index in [9.17, 15) is 9.90 Å². The summed E-state index contributed by atoms with van der Waals surface area (Å²) in [4.78, 5) is 15.8. The van der Waals surface area contributed by atoms with Crippen molar-refractivity contribution in [1.82, 2.24) is 20.2 Å². The quantitative estimate of drug-likeness (QED) is 0.400. The number of fused-ring (bicyclic) bond motifs is 1. The van der Waals surface area contributed by atoms with Gasteiger partial charge in [-0.2, -0.15) is 5.26 Å². The lowest BCUT2D eigenvalue weighted by molar-refractivity contribution is -0.132. The summed E-state index contributed by atoms with van der Waals surface area (Å²) in [6.07, 6.45) is -1.53. The van der Waals surface area contributed by atoms with Gasteiger partial charge in [-0.25, -0.2) is 4.68 Å². The SMILES string of the molecule is COc1cccc([C@H]2O[C@H](Cc3nnnn3CCC#N)C(=O)N(CC(C)(C)CO)c3ccc(Cl)cc32)c1OC. The molecule has 1 N–H and O–H groups in total. The average Bonchev–Trinajstić information content (AvgIpc) is 3.34. The van der Waals surface area contributed by atoms with Gasteiger partial charge < -0.3 is 24.2 Å². The maximum absolute atomic E-state index is 14.2. The van der Waals surface area contributed by atoms with Crippen LogP contribution in [0.1, 0.15) is 43.3 Å². The van der Waals surface area contributed by atoms with E-state index in [0.717, 1.165) is 0 Å². The summed E-state index contributed by atoms with van der Waals surface area (Å²) in [5.74, 6) is 1.06. The number of ether oxygens (including phenoxy) is 3. The molecule has 1 aliphatic heterocycles. The van der Waals surface area contributed by atoms with Crippen LogP contribution < -0.4 is 14.4 Å². The number of nitriles is 1. The topological polar surface area (TPSA) is 136 Å². The summed E-state index contributed by atoms with van der Waals surface area (Å²) >= 11 is 6.47. The van der Waals surface area contributed by atoms with Gasteiger partial charge in [-0.1, -0.05) is 37.6 Å². The van der Waals surface area contributed by atoms with Gasteiger partial charge in [0.25, 0.3) is 5.91 Å². The minimum Gasteiger partial charge on any atom is -0.493 e. The molecule has 0 fully saturated rings. The van der Waals surface area contributed by atoms with E-state index < -0.39 is 17.6 Å². The van der Waals surface area contributed by atoms with E-state index in [1.807, 2.05) is 26.0 Å². The molecule has 4 rings (SSSR count). The summed E-state index contributed by atoms with van der Waals surface area (Å²) in [5.41, 5.74) is 1.29. The van der Waals surface area contributed by atoms with Crippen LogP contribution in [0, 0.1) is 16.7 Å². The Morgan fingerprint density at radius 3 is 2.69 bits per heavy atom. The van der Waals surface area contributed by atoms with Gasteiger partial charge >= 0.3 is 0 Å². The molecule has 2 atom stereocenters. The molecule has 1 aromatic heterocycles. The Morgan fingerprint density at radius 1 is 1.21 bits per heavy atom. The van der Waals surface area contributed by atoms with Crippen molar-refractivity contribution in [2.75, 3.05) is 32.3 Å². The first-order valence-electron chi connectivity index (χ1n) is 12.4. The van der Waals surface area contributed by atoms with E-state index >= 15 is 0 Å². The second-order valence-electron chi connectivity index (χ2n) is 9.97. The molecule has 0 bridgehead atoms. The number of methoxy groups -OCH3 is 2. The summed E-state index contributed by atoms with van der Waals surface area (Å²) < 4.78 is 19.4. The maximum Gasteiger partial charge on any atom is 0.256 e. The van der Waals surface area contributed by atoms with E-state index in [2.05, 4.69) is 21.6 Å². The number of tetrazole rings is 1. The lowest BCUT2D eigenvalue weighted by Crippen LogP contribution is -2.46. The number of rotatable bonds is 10. The Labute approximate surface area is 231 Å². The number of amides is 1. The number of aromatic nitrogens is 4. The second kappa shape index (κ2) is 12.0. The molecule has 1 aliphatic rings. The number of para-hydroxylation sites is 1. The van der Waals surface area contributed by atoms with Crippen LogP contribution in [-0.2, 0) is 22.5 Å². The molecule has 2 aromatic carbocycles. The number of carbonyl (C=O) groups is 1. The molecular formula is C27H31ClN6O5. The van der Waals surface area contributed by atoms with Gasteiger partial charge in [-0.05, 0) is 34.7 Å². The van der Waals surface area contributed by atoms with Crippen LogP contribution in [0.5, 0.6) is 11.5 Å². The van der Waals surface area contributed by atoms with Crippen molar-refractivity contribution in [3.8, 4) is 17.6 Å². The third kappa shape index (κ3) is 5.98. The first-order valence-corrected chi connectivity index (χ1v) is 12.8. The average molecular weight is 555 g/mol. The van der Waals surface area contributed by atoms with E-state index in [-0.39, 0.29) is 38.4 Å². The van der Waals surface area contributed by atoms with Crippen LogP contribution in [0.2, 0.25) is 5.02 Å². The zero-order valence-corrected chi connectivity index (χ0v) is 23.1. The molecule has 2 heterocycles. The van der Waals surface area contributed by atoms with Gasteiger partial charge in [0.15, 0.2) is 17.3 Å². The van der Waals surface area contributed by atoms with E-state index in [1.165, 1.54) is 4.68 Å². The van der Waals surface area contributed by atoms with Gasteiger partial charge in [-0.3, -0.25) is 4.79 Å². The van der Waals surface area contributed by atoms with Crippen molar-refractivity contribution >= 4 is 23.2 Å². The fourth-order valence-corrected chi connectivity index (χ4v) is 4.75. The largest absolute Gasteiger partial charge is 0.493 e. The smallest absolute Gasteiger partial charge is 0.256 e. The zero-order valence-electron chi connectivity index (χ0n) is 22.3. The fraction of sp³-hybridized carbons (Fsp3) is 0.444. The highest BCUT2D eigenvalue weighted by Gasteiger charge is 2.40.